The lowest BCUT2D eigenvalue weighted by Crippen LogP contribution is -2.23. The summed E-state index contributed by atoms with van der Waals surface area (Å²) in [7, 11) is 0. The molecule has 128 valence electrons. The first-order valence-electron chi connectivity index (χ1n) is 7.84. The molecule has 0 atom stereocenters. The number of rotatable bonds is 4. The van der Waals surface area contributed by atoms with E-state index in [1.807, 2.05) is 0 Å². The topological polar surface area (TPSA) is 89.8 Å². The van der Waals surface area contributed by atoms with Crippen molar-refractivity contribution in [3.8, 4) is 5.75 Å². The molecule has 0 radical (unpaired) electrons. The van der Waals surface area contributed by atoms with E-state index in [0.717, 1.165) is 12.1 Å². The SMILES string of the molecule is Cc1c(C(=O)Oc2ccc(N3CCCC3=O)cc2)cccc1[N+](=O)[O-]. The van der Waals surface area contributed by atoms with E-state index in [9.17, 15) is 19.7 Å². The van der Waals surface area contributed by atoms with Crippen LogP contribution < -0.4 is 9.64 Å². The summed E-state index contributed by atoms with van der Waals surface area (Å²) in [5.41, 5.74) is 1.04. The average molecular weight is 340 g/mol. The maximum absolute atomic E-state index is 12.3. The number of amides is 1. The molecule has 2 aromatic carbocycles. The van der Waals surface area contributed by atoms with E-state index in [2.05, 4.69) is 0 Å². The van der Waals surface area contributed by atoms with Crippen molar-refractivity contribution in [2.24, 2.45) is 0 Å². The Bertz CT molecular complexity index is 845. The van der Waals surface area contributed by atoms with E-state index in [4.69, 9.17) is 4.74 Å². The van der Waals surface area contributed by atoms with Gasteiger partial charge in [0.1, 0.15) is 5.75 Å². The molecular formula is C18H16N2O5. The Labute approximate surface area is 144 Å². The molecule has 7 heteroatoms. The number of ether oxygens (including phenoxy) is 1. The molecule has 1 saturated heterocycles. The summed E-state index contributed by atoms with van der Waals surface area (Å²) in [5, 5.41) is 11.0. The van der Waals surface area contributed by atoms with Crippen LogP contribution in [0.3, 0.4) is 0 Å². The quantitative estimate of drug-likeness (QED) is 0.369. The molecule has 0 saturated carbocycles. The number of nitro benzene ring substituents is 1. The number of hydrogen-bond acceptors (Lipinski definition) is 5. The first kappa shape index (κ1) is 16.6. The van der Waals surface area contributed by atoms with E-state index in [1.54, 1.807) is 29.2 Å². The molecule has 1 heterocycles. The lowest BCUT2D eigenvalue weighted by Gasteiger charge is -2.15. The van der Waals surface area contributed by atoms with Gasteiger partial charge in [0.15, 0.2) is 0 Å². The number of nitrogens with zero attached hydrogens (tertiary/aromatic N) is 2. The predicted octanol–water partition coefficient (Wildman–Crippen LogP) is 3.25. The van der Waals surface area contributed by atoms with Gasteiger partial charge in [0.05, 0.1) is 10.5 Å². The largest absolute Gasteiger partial charge is 0.423 e. The van der Waals surface area contributed by atoms with Crippen LogP contribution in [-0.2, 0) is 4.79 Å². The highest BCUT2D eigenvalue weighted by molar-refractivity contribution is 5.96. The minimum absolute atomic E-state index is 0.0805. The van der Waals surface area contributed by atoms with Gasteiger partial charge >= 0.3 is 5.97 Å². The van der Waals surface area contributed by atoms with Gasteiger partial charge in [-0.25, -0.2) is 4.79 Å². The molecule has 1 amide bonds. The molecule has 1 aliphatic heterocycles. The highest BCUT2D eigenvalue weighted by Crippen LogP contribution is 2.26. The van der Waals surface area contributed by atoms with Crippen molar-refractivity contribution in [1.82, 2.24) is 0 Å². The van der Waals surface area contributed by atoms with Gasteiger partial charge in [-0.1, -0.05) is 6.07 Å². The minimum Gasteiger partial charge on any atom is -0.423 e. The second-order valence-corrected chi connectivity index (χ2v) is 5.74. The number of carbonyl (C=O) groups is 2. The molecule has 0 aromatic heterocycles. The van der Waals surface area contributed by atoms with Crippen molar-refractivity contribution in [1.29, 1.82) is 0 Å². The third-order valence-corrected chi connectivity index (χ3v) is 4.15. The van der Waals surface area contributed by atoms with Gasteiger partial charge in [0.25, 0.3) is 5.69 Å². The Kier molecular flexibility index (Phi) is 4.47. The van der Waals surface area contributed by atoms with Gasteiger partial charge in [-0.15, -0.1) is 0 Å². The molecule has 7 nitrogen and oxygen atoms in total. The normalized spacial score (nSPS) is 13.8. The van der Waals surface area contributed by atoms with Crippen LogP contribution in [-0.4, -0.2) is 23.3 Å². The maximum Gasteiger partial charge on any atom is 0.344 e. The second kappa shape index (κ2) is 6.72. The van der Waals surface area contributed by atoms with E-state index < -0.39 is 10.9 Å². The Hall–Kier alpha value is -3.22. The number of hydrogen-bond donors (Lipinski definition) is 0. The fourth-order valence-corrected chi connectivity index (χ4v) is 2.82. The van der Waals surface area contributed by atoms with Crippen LogP contribution in [0.15, 0.2) is 42.5 Å². The summed E-state index contributed by atoms with van der Waals surface area (Å²) < 4.78 is 5.30. The Morgan fingerprint density at radius 3 is 2.52 bits per heavy atom. The lowest BCUT2D eigenvalue weighted by molar-refractivity contribution is -0.385. The maximum atomic E-state index is 12.3. The first-order chi connectivity index (χ1) is 12.0. The molecule has 0 N–H and O–H groups in total. The molecule has 1 fully saturated rings. The number of anilines is 1. The zero-order valence-electron chi connectivity index (χ0n) is 13.6. The van der Waals surface area contributed by atoms with E-state index >= 15 is 0 Å². The molecule has 0 unspecified atom stereocenters. The zero-order valence-corrected chi connectivity index (χ0v) is 13.6. The number of benzene rings is 2. The van der Waals surface area contributed by atoms with Crippen LogP contribution in [0.5, 0.6) is 5.75 Å². The second-order valence-electron chi connectivity index (χ2n) is 5.74. The molecule has 0 spiro atoms. The van der Waals surface area contributed by atoms with Gasteiger partial charge in [-0.2, -0.15) is 0 Å². The van der Waals surface area contributed by atoms with Gasteiger partial charge in [0.2, 0.25) is 5.91 Å². The van der Waals surface area contributed by atoms with Crippen LogP contribution >= 0.6 is 0 Å². The van der Waals surface area contributed by atoms with Crippen molar-refractivity contribution in [2.45, 2.75) is 19.8 Å². The van der Waals surface area contributed by atoms with Crippen molar-refractivity contribution in [3.63, 3.8) is 0 Å². The van der Waals surface area contributed by atoms with Crippen LogP contribution in [0.1, 0.15) is 28.8 Å². The van der Waals surface area contributed by atoms with Crippen LogP contribution in [0.25, 0.3) is 0 Å². The highest BCUT2D eigenvalue weighted by atomic mass is 16.6. The van der Waals surface area contributed by atoms with E-state index in [-0.39, 0.29) is 22.7 Å². The van der Waals surface area contributed by atoms with Crippen molar-refractivity contribution in [3.05, 3.63) is 63.7 Å². The molecule has 0 bridgehead atoms. The molecule has 2 aromatic rings. The molecule has 25 heavy (non-hydrogen) atoms. The predicted molar refractivity (Wildman–Crippen MR) is 90.8 cm³/mol. The third kappa shape index (κ3) is 3.35. The Morgan fingerprint density at radius 2 is 1.92 bits per heavy atom. The van der Waals surface area contributed by atoms with Gasteiger partial charge < -0.3 is 9.64 Å². The molecule has 1 aliphatic rings. The number of carbonyl (C=O) groups excluding carboxylic acids is 2. The fourth-order valence-electron chi connectivity index (χ4n) is 2.82. The summed E-state index contributed by atoms with van der Waals surface area (Å²) in [4.78, 5) is 36.1. The summed E-state index contributed by atoms with van der Waals surface area (Å²) in [6, 6.07) is 10.9. The number of nitro groups is 1. The van der Waals surface area contributed by atoms with Gasteiger partial charge in [-0.3, -0.25) is 14.9 Å². The summed E-state index contributed by atoms with van der Waals surface area (Å²) >= 11 is 0. The smallest absolute Gasteiger partial charge is 0.344 e. The van der Waals surface area contributed by atoms with Gasteiger partial charge in [-0.05, 0) is 43.7 Å². The summed E-state index contributed by atoms with van der Waals surface area (Å²) in [6.07, 6.45) is 1.38. The third-order valence-electron chi connectivity index (χ3n) is 4.15. The molecule has 3 rings (SSSR count). The molecular weight excluding hydrogens is 324 g/mol. The summed E-state index contributed by atoms with van der Waals surface area (Å²) in [6.45, 7) is 2.20. The lowest BCUT2D eigenvalue weighted by atomic mass is 10.1. The van der Waals surface area contributed by atoms with Gasteiger partial charge in [0, 0.05) is 30.3 Å². The highest BCUT2D eigenvalue weighted by Gasteiger charge is 2.22. The standard InChI is InChI=1S/C18H16N2O5/c1-12-15(4-2-5-16(12)20(23)24)18(22)25-14-9-7-13(8-10-14)19-11-3-6-17(19)21/h2,4-5,7-10H,3,6,11H2,1H3. The van der Waals surface area contributed by atoms with Crippen LogP contribution in [0.2, 0.25) is 0 Å². The first-order valence-corrected chi connectivity index (χ1v) is 7.84. The van der Waals surface area contributed by atoms with Crippen molar-refractivity contribution >= 4 is 23.3 Å². The molecule has 0 aliphatic carbocycles. The fraction of sp³-hybridized carbons (Fsp3) is 0.222. The average Bonchev–Trinajstić information content (AvgIpc) is 3.01. The van der Waals surface area contributed by atoms with E-state index in [1.165, 1.54) is 25.1 Å². The van der Waals surface area contributed by atoms with E-state index in [0.29, 0.717) is 18.7 Å². The Balaban J connectivity index is 1.76. The minimum atomic E-state index is -0.661. The van der Waals surface area contributed by atoms with Crippen LogP contribution in [0, 0.1) is 17.0 Å². The zero-order chi connectivity index (χ0) is 18.0. The Morgan fingerprint density at radius 1 is 1.20 bits per heavy atom. The van der Waals surface area contributed by atoms with Crippen LogP contribution in [0.4, 0.5) is 11.4 Å². The monoisotopic (exact) mass is 340 g/mol. The van der Waals surface area contributed by atoms with Crippen molar-refractivity contribution in [2.75, 3.05) is 11.4 Å². The summed E-state index contributed by atoms with van der Waals surface area (Å²) in [5.74, 6) is -0.269. The van der Waals surface area contributed by atoms with Crippen molar-refractivity contribution < 1.29 is 19.2 Å². The number of esters is 1.